The van der Waals surface area contributed by atoms with Crippen LogP contribution < -0.4 is 0 Å². The van der Waals surface area contributed by atoms with E-state index in [-0.39, 0.29) is 18.4 Å². The summed E-state index contributed by atoms with van der Waals surface area (Å²) in [6.07, 6.45) is 1.17. The first-order chi connectivity index (χ1) is 11.8. The van der Waals surface area contributed by atoms with Gasteiger partial charge in [-0.1, -0.05) is 44.2 Å². The van der Waals surface area contributed by atoms with Crippen LogP contribution in [0.2, 0.25) is 0 Å². The predicted octanol–water partition coefficient (Wildman–Crippen LogP) is 1.25. The van der Waals surface area contributed by atoms with E-state index in [1.54, 1.807) is 4.90 Å². The fourth-order valence-electron chi connectivity index (χ4n) is 2.97. The van der Waals surface area contributed by atoms with Crippen molar-refractivity contribution in [1.82, 2.24) is 14.1 Å². The number of piperazine rings is 1. The normalized spacial score (nSPS) is 16.6. The summed E-state index contributed by atoms with van der Waals surface area (Å²) in [7, 11) is -3.37. The minimum absolute atomic E-state index is 0.0598. The monoisotopic (exact) mass is 367 g/mol. The minimum atomic E-state index is -3.37. The molecule has 1 aliphatic rings. The molecular formula is C18H29N3O3S. The SMILES string of the molecule is CC(C)CN(CC(=O)N1CCN(Cc2ccccc2)CC1)S(C)(=O)=O. The Labute approximate surface area is 151 Å². The molecule has 1 fully saturated rings. The number of amides is 1. The Kier molecular flexibility index (Phi) is 6.98. The van der Waals surface area contributed by atoms with Crippen molar-refractivity contribution in [2.45, 2.75) is 20.4 Å². The highest BCUT2D eigenvalue weighted by Crippen LogP contribution is 2.10. The lowest BCUT2D eigenvalue weighted by Crippen LogP contribution is -2.51. The van der Waals surface area contributed by atoms with Gasteiger partial charge in [-0.05, 0) is 11.5 Å². The summed E-state index contributed by atoms with van der Waals surface area (Å²) in [5.41, 5.74) is 1.27. The van der Waals surface area contributed by atoms with Crippen molar-refractivity contribution >= 4 is 15.9 Å². The van der Waals surface area contributed by atoms with Gasteiger partial charge in [-0.15, -0.1) is 0 Å². The maximum atomic E-state index is 12.5. The lowest BCUT2D eigenvalue weighted by Gasteiger charge is -2.35. The van der Waals surface area contributed by atoms with E-state index in [4.69, 9.17) is 0 Å². The molecule has 1 aliphatic heterocycles. The van der Waals surface area contributed by atoms with Crippen molar-refractivity contribution in [3.8, 4) is 0 Å². The summed E-state index contributed by atoms with van der Waals surface area (Å²) < 4.78 is 25.1. The van der Waals surface area contributed by atoms with Crippen molar-refractivity contribution in [2.75, 3.05) is 45.5 Å². The van der Waals surface area contributed by atoms with Crippen LogP contribution in [0.5, 0.6) is 0 Å². The van der Waals surface area contributed by atoms with Gasteiger partial charge < -0.3 is 4.90 Å². The third-order valence-electron chi connectivity index (χ3n) is 4.32. The predicted molar refractivity (Wildman–Crippen MR) is 99.6 cm³/mol. The number of carbonyl (C=O) groups excluding carboxylic acids is 1. The van der Waals surface area contributed by atoms with E-state index in [0.717, 1.165) is 19.6 Å². The van der Waals surface area contributed by atoms with Crippen LogP contribution in [0, 0.1) is 5.92 Å². The first-order valence-electron chi connectivity index (χ1n) is 8.75. The van der Waals surface area contributed by atoms with Gasteiger partial charge >= 0.3 is 0 Å². The average molecular weight is 368 g/mol. The van der Waals surface area contributed by atoms with Crippen molar-refractivity contribution in [2.24, 2.45) is 5.92 Å². The zero-order valence-electron chi connectivity index (χ0n) is 15.4. The van der Waals surface area contributed by atoms with Gasteiger partial charge in [0, 0.05) is 39.3 Å². The van der Waals surface area contributed by atoms with E-state index in [2.05, 4.69) is 17.0 Å². The number of rotatable bonds is 7. The number of benzene rings is 1. The van der Waals surface area contributed by atoms with Gasteiger partial charge in [0.15, 0.2) is 0 Å². The van der Waals surface area contributed by atoms with Crippen molar-refractivity contribution in [1.29, 1.82) is 0 Å². The van der Waals surface area contributed by atoms with Crippen molar-refractivity contribution in [3.05, 3.63) is 35.9 Å². The van der Waals surface area contributed by atoms with E-state index in [1.165, 1.54) is 16.1 Å². The fraction of sp³-hybridized carbons (Fsp3) is 0.611. The summed E-state index contributed by atoms with van der Waals surface area (Å²) in [6, 6.07) is 10.3. The van der Waals surface area contributed by atoms with E-state index >= 15 is 0 Å². The van der Waals surface area contributed by atoms with Crippen LogP contribution in [-0.2, 0) is 21.4 Å². The molecule has 0 atom stereocenters. The molecule has 25 heavy (non-hydrogen) atoms. The third kappa shape index (κ3) is 6.41. The Morgan fingerprint density at radius 3 is 2.24 bits per heavy atom. The molecule has 0 N–H and O–H groups in total. The fourth-order valence-corrected chi connectivity index (χ4v) is 3.89. The molecule has 1 aromatic rings. The quantitative estimate of drug-likeness (QED) is 0.728. The van der Waals surface area contributed by atoms with Crippen LogP contribution in [-0.4, -0.2) is 74.0 Å². The first-order valence-corrected chi connectivity index (χ1v) is 10.6. The van der Waals surface area contributed by atoms with E-state index in [9.17, 15) is 13.2 Å². The van der Waals surface area contributed by atoms with Crippen LogP contribution >= 0.6 is 0 Å². The molecular weight excluding hydrogens is 338 g/mol. The molecule has 140 valence electrons. The molecule has 2 rings (SSSR count). The molecule has 0 radical (unpaired) electrons. The molecule has 0 aromatic heterocycles. The van der Waals surface area contributed by atoms with Gasteiger partial charge in [0.1, 0.15) is 0 Å². The Bertz CT molecular complexity index is 653. The highest BCUT2D eigenvalue weighted by Gasteiger charge is 2.26. The molecule has 0 bridgehead atoms. The smallest absolute Gasteiger partial charge is 0.237 e. The molecule has 1 heterocycles. The van der Waals surface area contributed by atoms with Crippen molar-refractivity contribution < 1.29 is 13.2 Å². The molecule has 6 nitrogen and oxygen atoms in total. The highest BCUT2D eigenvalue weighted by molar-refractivity contribution is 7.88. The molecule has 0 unspecified atom stereocenters. The van der Waals surface area contributed by atoms with Gasteiger partial charge in [-0.25, -0.2) is 8.42 Å². The van der Waals surface area contributed by atoms with Crippen LogP contribution in [0.3, 0.4) is 0 Å². The number of carbonyl (C=O) groups is 1. The molecule has 0 aliphatic carbocycles. The highest BCUT2D eigenvalue weighted by atomic mass is 32.2. The average Bonchev–Trinajstić information content (AvgIpc) is 2.54. The van der Waals surface area contributed by atoms with Crippen LogP contribution in [0.1, 0.15) is 19.4 Å². The maximum Gasteiger partial charge on any atom is 0.237 e. The summed E-state index contributed by atoms with van der Waals surface area (Å²) in [4.78, 5) is 16.6. The van der Waals surface area contributed by atoms with E-state index in [0.29, 0.717) is 19.6 Å². The first kappa shape index (κ1) is 19.9. The lowest BCUT2D eigenvalue weighted by molar-refractivity contribution is -0.133. The number of hydrogen-bond donors (Lipinski definition) is 0. The minimum Gasteiger partial charge on any atom is -0.339 e. The zero-order chi connectivity index (χ0) is 18.4. The van der Waals surface area contributed by atoms with Gasteiger partial charge in [-0.3, -0.25) is 9.69 Å². The Morgan fingerprint density at radius 1 is 1.12 bits per heavy atom. The standard InChI is InChI=1S/C18H29N3O3S/c1-16(2)13-21(25(3,23)24)15-18(22)20-11-9-19(10-12-20)14-17-7-5-4-6-8-17/h4-8,16H,9-15H2,1-3H3. The zero-order valence-corrected chi connectivity index (χ0v) is 16.2. The van der Waals surface area contributed by atoms with Crippen LogP contribution in [0.15, 0.2) is 30.3 Å². The number of nitrogens with zero attached hydrogens (tertiary/aromatic N) is 3. The summed E-state index contributed by atoms with van der Waals surface area (Å²) in [5.74, 6) is 0.0793. The summed E-state index contributed by atoms with van der Waals surface area (Å²) >= 11 is 0. The van der Waals surface area contributed by atoms with Crippen LogP contribution in [0.25, 0.3) is 0 Å². The number of hydrogen-bond acceptors (Lipinski definition) is 4. The van der Waals surface area contributed by atoms with Crippen molar-refractivity contribution in [3.63, 3.8) is 0 Å². The Hall–Kier alpha value is -1.44. The second-order valence-corrected chi connectivity index (χ2v) is 9.07. The molecule has 0 saturated carbocycles. The van der Waals surface area contributed by atoms with Gasteiger partial charge in [-0.2, -0.15) is 4.31 Å². The van der Waals surface area contributed by atoms with Gasteiger partial charge in [0.25, 0.3) is 0 Å². The molecule has 1 aromatic carbocycles. The Morgan fingerprint density at radius 2 is 1.72 bits per heavy atom. The largest absolute Gasteiger partial charge is 0.339 e. The van der Waals surface area contributed by atoms with Gasteiger partial charge in [0.05, 0.1) is 12.8 Å². The topological polar surface area (TPSA) is 60.9 Å². The summed E-state index contributed by atoms with van der Waals surface area (Å²) in [6.45, 7) is 8.00. The second kappa shape index (κ2) is 8.78. The molecule has 7 heteroatoms. The van der Waals surface area contributed by atoms with Crippen LogP contribution in [0.4, 0.5) is 0 Å². The number of sulfonamides is 1. The third-order valence-corrected chi connectivity index (χ3v) is 5.54. The van der Waals surface area contributed by atoms with E-state index < -0.39 is 10.0 Å². The molecule has 1 amide bonds. The second-order valence-electron chi connectivity index (χ2n) is 7.09. The maximum absolute atomic E-state index is 12.5. The summed E-state index contributed by atoms with van der Waals surface area (Å²) in [5, 5.41) is 0. The lowest BCUT2D eigenvalue weighted by atomic mass is 10.2. The Balaban J connectivity index is 1.85. The van der Waals surface area contributed by atoms with E-state index in [1.807, 2.05) is 32.0 Å². The molecule has 0 spiro atoms. The molecule has 1 saturated heterocycles. The van der Waals surface area contributed by atoms with Gasteiger partial charge in [0.2, 0.25) is 15.9 Å².